The molecule has 7 aromatic rings. The van der Waals surface area contributed by atoms with E-state index in [1.165, 1.54) is 60.9 Å². The van der Waals surface area contributed by atoms with Crippen molar-refractivity contribution in [1.29, 1.82) is 0 Å². The summed E-state index contributed by atoms with van der Waals surface area (Å²) in [5.74, 6) is 0. The molecule has 7 rings (SSSR count). The Morgan fingerprint density at radius 1 is 0.368 bits per heavy atom. The maximum Gasteiger partial charge on any atom is 0.0547 e. The van der Waals surface area contributed by atoms with Crippen molar-refractivity contribution < 1.29 is 0 Å². The molecule has 2 heteroatoms. The fourth-order valence-electron chi connectivity index (χ4n) is 5.36. The summed E-state index contributed by atoms with van der Waals surface area (Å²) < 4.78 is 3.48. The van der Waals surface area contributed by atoms with Crippen molar-refractivity contribution >= 4 is 37.7 Å². The summed E-state index contributed by atoms with van der Waals surface area (Å²) in [4.78, 5) is 0. The second kappa shape index (κ2) is 9.48. The summed E-state index contributed by atoms with van der Waals surface area (Å²) in [7, 11) is 0. The van der Waals surface area contributed by atoms with Crippen LogP contribution in [0.25, 0.3) is 60.9 Å². The molecule has 0 aliphatic heterocycles. The highest BCUT2D eigenvalue weighted by Crippen LogP contribution is 2.37. The molecule has 0 aliphatic carbocycles. The molecule has 0 radical (unpaired) electrons. The Kier molecular flexibility index (Phi) is 5.68. The van der Waals surface area contributed by atoms with Gasteiger partial charge in [-0.05, 0) is 75.8 Å². The van der Waals surface area contributed by atoms with Gasteiger partial charge in [-0.25, -0.2) is 0 Å². The summed E-state index contributed by atoms with van der Waals surface area (Å²) in [5.41, 5.74) is 10.9. The van der Waals surface area contributed by atoms with Crippen molar-refractivity contribution in [1.82, 2.24) is 4.57 Å². The molecule has 0 bridgehead atoms. The highest BCUT2D eigenvalue weighted by atomic mass is 79.9. The van der Waals surface area contributed by atoms with Gasteiger partial charge in [-0.3, -0.25) is 0 Å². The van der Waals surface area contributed by atoms with Crippen LogP contribution in [0.3, 0.4) is 0 Å². The van der Waals surface area contributed by atoms with Gasteiger partial charge in [0.05, 0.1) is 11.0 Å². The Labute approximate surface area is 230 Å². The van der Waals surface area contributed by atoms with E-state index in [2.05, 4.69) is 166 Å². The van der Waals surface area contributed by atoms with Crippen molar-refractivity contribution in [3.8, 4) is 39.1 Å². The molecule has 0 unspecified atom stereocenters. The normalized spacial score (nSPS) is 11.3. The summed E-state index contributed by atoms with van der Waals surface area (Å²) in [5, 5.41) is 2.52. The Morgan fingerprint density at radius 2 is 0.868 bits per heavy atom. The number of fused-ring (bicyclic) bond motifs is 3. The minimum Gasteiger partial charge on any atom is -0.309 e. The lowest BCUT2D eigenvalue weighted by atomic mass is 9.98. The van der Waals surface area contributed by atoms with E-state index in [-0.39, 0.29) is 0 Å². The molecular formula is C36H24BrN. The van der Waals surface area contributed by atoms with Crippen LogP contribution in [0.5, 0.6) is 0 Å². The quantitative estimate of drug-likeness (QED) is 0.205. The number of hydrogen-bond acceptors (Lipinski definition) is 0. The molecule has 1 nitrogen and oxygen atoms in total. The molecule has 0 N–H and O–H groups in total. The van der Waals surface area contributed by atoms with Gasteiger partial charge in [0, 0.05) is 20.9 Å². The van der Waals surface area contributed by atoms with Gasteiger partial charge in [0.2, 0.25) is 0 Å². The van der Waals surface area contributed by atoms with Crippen molar-refractivity contribution in [3.63, 3.8) is 0 Å². The third-order valence-electron chi connectivity index (χ3n) is 7.28. The van der Waals surface area contributed by atoms with Crippen LogP contribution < -0.4 is 0 Å². The van der Waals surface area contributed by atoms with E-state index in [1.54, 1.807) is 0 Å². The van der Waals surface area contributed by atoms with Crippen molar-refractivity contribution in [2.45, 2.75) is 0 Å². The molecular weight excluding hydrogens is 526 g/mol. The first-order chi connectivity index (χ1) is 18.7. The molecule has 0 spiro atoms. The van der Waals surface area contributed by atoms with Crippen molar-refractivity contribution in [3.05, 3.63) is 150 Å². The first-order valence-corrected chi connectivity index (χ1v) is 13.6. The molecule has 38 heavy (non-hydrogen) atoms. The van der Waals surface area contributed by atoms with E-state index >= 15 is 0 Å². The summed E-state index contributed by atoms with van der Waals surface area (Å²) >= 11 is 3.53. The molecule has 0 atom stereocenters. The van der Waals surface area contributed by atoms with E-state index in [4.69, 9.17) is 0 Å². The highest BCUT2D eigenvalue weighted by molar-refractivity contribution is 9.10. The first kappa shape index (κ1) is 22.8. The molecule has 6 aromatic carbocycles. The number of halogens is 1. The lowest BCUT2D eigenvalue weighted by molar-refractivity contribution is 1.18. The van der Waals surface area contributed by atoms with Gasteiger partial charge in [-0.15, -0.1) is 0 Å². The van der Waals surface area contributed by atoms with Crippen LogP contribution in [0, 0.1) is 0 Å². The second-order valence-electron chi connectivity index (χ2n) is 9.59. The van der Waals surface area contributed by atoms with Crippen LogP contribution in [-0.4, -0.2) is 4.57 Å². The maximum atomic E-state index is 3.53. The highest BCUT2D eigenvalue weighted by Gasteiger charge is 2.14. The van der Waals surface area contributed by atoms with Crippen LogP contribution in [0.2, 0.25) is 0 Å². The minimum atomic E-state index is 1.09. The third-order valence-corrected chi connectivity index (χ3v) is 7.81. The average molecular weight is 550 g/mol. The molecule has 0 fully saturated rings. The van der Waals surface area contributed by atoms with Crippen LogP contribution in [0.4, 0.5) is 0 Å². The largest absolute Gasteiger partial charge is 0.309 e. The summed E-state index contributed by atoms with van der Waals surface area (Å²) in [6, 6.07) is 52.3. The number of rotatable bonds is 4. The topological polar surface area (TPSA) is 4.93 Å². The maximum absolute atomic E-state index is 3.53. The predicted molar refractivity (Wildman–Crippen MR) is 165 cm³/mol. The zero-order valence-corrected chi connectivity index (χ0v) is 22.3. The SMILES string of the molecule is Brc1ccc(-c2ccc(-c3ccc4c(c3)c3ccc(-c5ccccc5)cc3n4-c3ccccc3)cc2)cc1. The van der Waals surface area contributed by atoms with Crippen LogP contribution >= 0.6 is 15.9 Å². The fraction of sp³-hybridized carbons (Fsp3) is 0. The minimum absolute atomic E-state index is 1.09. The van der Waals surface area contributed by atoms with E-state index in [0.29, 0.717) is 0 Å². The van der Waals surface area contributed by atoms with Gasteiger partial charge in [-0.1, -0.05) is 119 Å². The van der Waals surface area contributed by atoms with E-state index in [9.17, 15) is 0 Å². The Balaban J connectivity index is 1.38. The fourth-order valence-corrected chi connectivity index (χ4v) is 5.63. The third kappa shape index (κ3) is 4.04. The van der Waals surface area contributed by atoms with Gasteiger partial charge < -0.3 is 4.57 Å². The van der Waals surface area contributed by atoms with E-state index < -0.39 is 0 Å². The lowest BCUT2D eigenvalue weighted by Gasteiger charge is -2.09. The zero-order chi connectivity index (χ0) is 25.5. The number of nitrogens with zero attached hydrogens (tertiary/aromatic N) is 1. The standard InChI is InChI=1S/C36H24BrN/c37-31-19-15-27(16-20-31)26-11-13-28(14-12-26)29-18-22-35-34(23-29)33-21-17-30(25-7-3-1-4-8-25)24-36(33)38(35)32-9-5-2-6-10-32/h1-24H. The Bertz CT molecular complexity index is 1880. The van der Waals surface area contributed by atoms with Gasteiger partial charge in [-0.2, -0.15) is 0 Å². The number of para-hydroxylation sites is 1. The molecule has 1 heterocycles. The zero-order valence-electron chi connectivity index (χ0n) is 20.7. The second-order valence-corrected chi connectivity index (χ2v) is 10.5. The van der Waals surface area contributed by atoms with E-state index in [1.807, 2.05) is 0 Å². The molecule has 0 aliphatic rings. The number of hydrogen-bond donors (Lipinski definition) is 0. The van der Waals surface area contributed by atoms with Gasteiger partial charge in [0.15, 0.2) is 0 Å². The van der Waals surface area contributed by atoms with Crippen molar-refractivity contribution in [2.24, 2.45) is 0 Å². The average Bonchev–Trinajstić information content (AvgIpc) is 3.31. The Hall–Kier alpha value is -4.40. The van der Waals surface area contributed by atoms with Crippen LogP contribution in [0.15, 0.2) is 150 Å². The van der Waals surface area contributed by atoms with Gasteiger partial charge in [0.25, 0.3) is 0 Å². The molecule has 0 saturated heterocycles. The molecule has 0 amide bonds. The molecule has 1 aromatic heterocycles. The summed E-state index contributed by atoms with van der Waals surface area (Å²) in [6.07, 6.45) is 0. The van der Waals surface area contributed by atoms with Crippen LogP contribution in [0.1, 0.15) is 0 Å². The predicted octanol–water partition coefficient (Wildman–Crippen LogP) is 10.5. The monoisotopic (exact) mass is 549 g/mol. The van der Waals surface area contributed by atoms with Crippen molar-refractivity contribution in [2.75, 3.05) is 0 Å². The van der Waals surface area contributed by atoms with Gasteiger partial charge >= 0.3 is 0 Å². The Morgan fingerprint density at radius 3 is 1.55 bits per heavy atom. The van der Waals surface area contributed by atoms with E-state index in [0.717, 1.165) is 4.47 Å². The molecule has 0 saturated carbocycles. The smallest absolute Gasteiger partial charge is 0.0547 e. The first-order valence-electron chi connectivity index (χ1n) is 12.8. The lowest BCUT2D eigenvalue weighted by Crippen LogP contribution is -1.93. The number of aromatic nitrogens is 1. The number of benzene rings is 6. The molecule has 180 valence electrons. The van der Waals surface area contributed by atoms with Crippen LogP contribution in [-0.2, 0) is 0 Å². The van der Waals surface area contributed by atoms with Gasteiger partial charge in [0.1, 0.15) is 0 Å². The summed E-state index contributed by atoms with van der Waals surface area (Å²) in [6.45, 7) is 0.